The Balaban J connectivity index is 1.90. The zero-order chi connectivity index (χ0) is 20.5. The lowest BCUT2D eigenvalue weighted by molar-refractivity contribution is 1.10. The molecule has 0 atom stereocenters. The number of nitrogens with zero attached hydrogens (tertiary/aromatic N) is 3. The van der Waals surface area contributed by atoms with Crippen molar-refractivity contribution in [2.45, 2.75) is 0 Å². The van der Waals surface area contributed by atoms with Crippen LogP contribution in [-0.2, 0) is 0 Å². The van der Waals surface area contributed by atoms with Crippen LogP contribution in [0, 0.1) is 11.3 Å². The Labute approximate surface area is 178 Å². The molecule has 0 saturated carbocycles. The van der Waals surface area contributed by atoms with Gasteiger partial charge in [-0.15, -0.1) is 0 Å². The number of hydrogen-bond donors (Lipinski definition) is 1. The van der Waals surface area contributed by atoms with Gasteiger partial charge in [-0.2, -0.15) is 10.4 Å². The fourth-order valence-corrected chi connectivity index (χ4v) is 3.81. The SMILES string of the molecule is N#Cc1c(-c2ccccc2)nc2n[nH]c(-c3ccc(Cl)cc3)c2c1-c1ccccc1. The number of rotatable bonds is 3. The highest BCUT2D eigenvalue weighted by Gasteiger charge is 2.22. The first-order valence-electron chi connectivity index (χ1n) is 9.45. The van der Waals surface area contributed by atoms with Gasteiger partial charge >= 0.3 is 0 Å². The molecule has 0 bridgehead atoms. The fourth-order valence-electron chi connectivity index (χ4n) is 3.69. The second-order valence-electron chi connectivity index (χ2n) is 6.86. The molecule has 2 aromatic heterocycles. The zero-order valence-electron chi connectivity index (χ0n) is 15.8. The molecular formula is C25H15ClN4. The molecular weight excluding hydrogens is 392 g/mol. The lowest BCUT2D eigenvalue weighted by Gasteiger charge is -2.12. The van der Waals surface area contributed by atoms with Crippen molar-refractivity contribution < 1.29 is 0 Å². The summed E-state index contributed by atoms with van der Waals surface area (Å²) in [7, 11) is 0. The maximum atomic E-state index is 10.2. The van der Waals surface area contributed by atoms with E-state index in [1.165, 1.54) is 0 Å². The molecule has 0 unspecified atom stereocenters. The number of aromatic amines is 1. The largest absolute Gasteiger partial charge is 0.275 e. The number of halogens is 1. The molecule has 3 aromatic carbocycles. The molecule has 0 aliphatic rings. The van der Waals surface area contributed by atoms with Crippen LogP contribution in [0.2, 0.25) is 5.02 Å². The standard InChI is InChI=1S/C25H15ClN4/c26-19-13-11-18(12-14-19)24-22-21(16-7-3-1-4-8-16)20(15-27)23(28-25(22)30-29-24)17-9-5-2-6-10-17/h1-14H,(H,28,29,30). The molecule has 0 saturated heterocycles. The molecule has 2 heterocycles. The van der Waals surface area contributed by atoms with E-state index in [0.717, 1.165) is 33.3 Å². The number of nitrogens with one attached hydrogen (secondary N) is 1. The molecule has 0 fully saturated rings. The van der Waals surface area contributed by atoms with Crippen LogP contribution >= 0.6 is 11.6 Å². The monoisotopic (exact) mass is 406 g/mol. The lowest BCUT2D eigenvalue weighted by Crippen LogP contribution is -1.96. The van der Waals surface area contributed by atoms with E-state index in [2.05, 4.69) is 16.3 Å². The minimum Gasteiger partial charge on any atom is -0.275 e. The molecule has 0 aliphatic carbocycles. The zero-order valence-corrected chi connectivity index (χ0v) is 16.6. The highest BCUT2D eigenvalue weighted by atomic mass is 35.5. The smallest absolute Gasteiger partial charge is 0.182 e. The van der Waals surface area contributed by atoms with Gasteiger partial charge < -0.3 is 0 Å². The average molecular weight is 407 g/mol. The molecule has 142 valence electrons. The summed E-state index contributed by atoms with van der Waals surface area (Å²) in [5.41, 5.74) is 6.09. The Morgan fingerprint density at radius 2 is 1.40 bits per heavy atom. The molecule has 0 aliphatic heterocycles. The van der Waals surface area contributed by atoms with Gasteiger partial charge in [-0.3, -0.25) is 5.10 Å². The highest BCUT2D eigenvalue weighted by molar-refractivity contribution is 6.30. The third-order valence-electron chi connectivity index (χ3n) is 5.06. The quantitative estimate of drug-likeness (QED) is 0.372. The molecule has 4 nitrogen and oxygen atoms in total. The Hall–Kier alpha value is -3.94. The van der Waals surface area contributed by atoms with Gasteiger partial charge in [0.15, 0.2) is 5.65 Å². The number of H-pyrrole nitrogens is 1. The van der Waals surface area contributed by atoms with E-state index < -0.39 is 0 Å². The van der Waals surface area contributed by atoms with Crippen molar-refractivity contribution >= 4 is 22.6 Å². The number of aromatic nitrogens is 3. The summed E-state index contributed by atoms with van der Waals surface area (Å²) >= 11 is 6.07. The van der Waals surface area contributed by atoms with Gasteiger partial charge in [-0.25, -0.2) is 4.98 Å². The van der Waals surface area contributed by atoms with Crippen LogP contribution in [0.15, 0.2) is 84.9 Å². The van der Waals surface area contributed by atoms with Crippen molar-refractivity contribution in [3.05, 3.63) is 95.5 Å². The third-order valence-corrected chi connectivity index (χ3v) is 5.31. The van der Waals surface area contributed by atoms with Crippen LogP contribution in [-0.4, -0.2) is 15.2 Å². The number of fused-ring (bicyclic) bond motifs is 1. The third kappa shape index (κ3) is 3.02. The Morgan fingerprint density at radius 1 is 0.767 bits per heavy atom. The molecule has 5 heteroatoms. The number of nitriles is 1. The van der Waals surface area contributed by atoms with Gasteiger partial charge in [0.1, 0.15) is 6.07 Å². The molecule has 1 N–H and O–H groups in total. The van der Waals surface area contributed by atoms with E-state index in [1.54, 1.807) is 0 Å². The average Bonchev–Trinajstić information content (AvgIpc) is 3.23. The summed E-state index contributed by atoms with van der Waals surface area (Å²) in [6.07, 6.45) is 0. The maximum absolute atomic E-state index is 10.2. The maximum Gasteiger partial charge on any atom is 0.182 e. The van der Waals surface area contributed by atoms with Crippen LogP contribution in [0.3, 0.4) is 0 Å². The van der Waals surface area contributed by atoms with E-state index >= 15 is 0 Å². The van der Waals surface area contributed by atoms with Crippen LogP contribution < -0.4 is 0 Å². The molecule has 0 radical (unpaired) electrons. The summed E-state index contributed by atoms with van der Waals surface area (Å²) in [5, 5.41) is 19.3. The minimum absolute atomic E-state index is 0.525. The van der Waals surface area contributed by atoms with Crippen LogP contribution in [0.5, 0.6) is 0 Å². The van der Waals surface area contributed by atoms with Crippen LogP contribution in [0.25, 0.3) is 44.7 Å². The van der Waals surface area contributed by atoms with Crippen molar-refractivity contribution in [2.24, 2.45) is 0 Å². The van der Waals surface area contributed by atoms with Gasteiger partial charge in [0.05, 0.1) is 22.3 Å². The molecule has 5 aromatic rings. The van der Waals surface area contributed by atoms with E-state index in [0.29, 0.717) is 21.9 Å². The van der Waals surface area contributed by atoms with Crippen LogP contribution in [0.1, 0.15) is 5.56 Å². The first-order valence-corrected chi connectivity index (χ1v) is 9.83. The number of pyridine rings is 1. The summed E-state index contributed by atoms with van der Waals surface area (Å²) in [4.78, 5) is 4.78. The predicted octanol–water partition coefficient (Wildman–Crippen LogP) is 6.48. The molecule has 5 rings (SSSR count). The van der Waals surface area contributed by atoms with E-state index in [4.69, 9.17) is 16.6 Å². The summed E-state index contributed by atoms with van der Waals surface area (Å²) < 4.78 is 0. The van der Waals surface area contributed by atoms with Crippen LogP contribution in [0.4, 0.5) is 0 Å². The Morgan fingerprint density at radius 3 is 2.03 bits per heavy atom. The van der Waals surface area contributed by atoms with E-state index in [9.17, 15) is 5.26 Å². The normalized spacial score (nSPS) is 10.8. The van der Waals surface area contributed by atoms with E-state index in [1.807, 2.05) is 84.9 Å². The van der Waals surface area contributed by atoms with Crippen molar-refractivity contribution in [1.29, 1.82) is 5.26 Å². The second kappa shape index (κ2) is 7.47. The highest BCUT2D eigenvalue weighted by Crippen LogP contribution is 2.40. The van der Waals surface area contributed by atoms with E-state index in [-0.39, 0.29) is 0 Å². The van der Waals surface area contributed by atoms with Crippen molar-refractivity contribution in [1.82, 2.24) is 15.2 Å². The lowest BCUT2D eigenvalue weighted by atomic mass is 9.92. The summed E-state index contributed by atoms with van der Waals surface area (Å²) in [5.74, 6) is 0. The second-order valence-corrected chi connectivity index (χ2v) is 7.29. The Kier molecular flexibility index (Phi) is 4.51. The first kappa shape index (κ1) is 18.1. The fraction of sp³-hybridized carbons (Fsp3) is 0. The van der Waals surface area contributed by atoms with Gasteiger partial charge in [-0.05, 0) is 17.7 Å². The minimum atomic E-state index is 0.525. The summed E-state index contributed by atoms with van der Waals surface area (Å²) in [6, 6.07) is 29.6. The number of hydrogen-bond acceptors (Lipinski definition) is 3. The molecule has 30 heavy (non-hydrogen) atoms. The van der Waals surface area contributed by atoms with Gasteiger partial charge in [0.25, 0.3) is 0 Å². The van der Waals surface area contributed by atoms with Crippen molar-refractivity contribution in [2.75, 3.05) is 0 Å². The van der Waals surface area contributed by atoms with Gasteiger partial charge in [0, 0.05) is 21.7 Å². The first-order chi connectivity index (χ1) is 14.8. The van der Waals surface area contributed by atoms with Gasteiger partial charge in [-0.1, -0.05) is 84.4 Å². The molecule has 0 spiro atoms. The van der Waals surface area contributed by atoms with Gasteiger partial charge in [0.2, 0.25) is 0 Å². The number of benzene rings is 3. The summed E-state index contributed by atoms with van der Waals surface area (Å²) in [6.45, 7) is 0. The van der Waals surface area contributed by atoms with Crippen molar-refractivity contribution in [3.8, 4) is 39.7 Å². The predicted molar refractivity (Wildman–Crippen MR) is 120 cm³/mol. The van der Waals surface area contributed by atoms with Crippen molar-refractivity contribution in [3.63, 3.8) is 0 Å². The Bertz CT molecular complexity index is 1380. The topological polar surface area (TPSA) is 65.4 Å². The molecule has 0 amide bonds.